The van der Waals surface area contributed by atoms with Gasteiger partial charge in [-0.15, -0.1) is 0 Å². The van der Waals surface area contributed by atoms with Crippen molar-refractivity contribution in [3.8, 4) is 22.3 Å². The molecule has 2 aliphatic carbocycles. The van der Waals surface area contributed by atoms with E-state index < -0.39 is 49.2 Å². The molecular weight excluding hydrogens is 991 g/mol. The van der Waals surface area contributed by atoms with E-state index in [9.17, 15) is 43.9 Å². The molecule has 0 bridgehead atoms. The summed E-state index contributed by atoms with van der Waals surface area (Å²) in [6.45, 7) is 2.23. The van der Waals surface area contributed by atoms with Crippen LogP contribution in [0, 0.1) is 11.6 Å². The second kappa shape index (κ2) is 29.4. The zero-order valence-electron chi connectivity index (χ0n) is 44.8. The molecule has 17 heteroatoms. The summed E-state index contributed by atoms with van der Waals surface area (Å²) in [5, 5.41) is 78.3. The summed E-state index contributed by atoms with van der Waals surface area (Å²) in [5.74, 6) is -2.46. The number of fused-ring (bicyclic) bond motifs is 2. The van der Waals surface area contributed by atoms with Crippen LogP contribution >= 0.6 is 0 Å². The van der Waals surface area contributed by atoms with Crippen LogP contribution < -0.4 is 5.11 Å². The fourth-order valence-electron chi connectivity index (χ4n) is 8.31. The van der Waals surface area contributed by atoms with Crippen molar-refractivity contribution in [3.05, 3.63) is 143 Å². The number of carboxylic acids is 2. The second-order valence-corrected chi connectivity index (χ2v) is 21.4. The zero-order valence-corrected chi connectivity index (χ0v) is 44.8. The maximum atomic E-state index is 13.6. The number of pyridine rings is 2. The molecule has 2 heterocycles. The van der Waals surface area contributed by atoms with E-state index in [4.69, 9.17) is 25.3 Å². The van der Waals surface area contributed by atoms with Crippen LogP contribution in [0.1, 0.15) is 85.7 Å². The molecule has 0 aliphatic heterocycles. The molecule has 0 saturated heterocycles. The number of rotatable bonds is 20. The Kier molecular flexibility index (Phi) is 24.1. The fourth-order valence-corrected chi connectivity index (χ4v) is 8.31. The molecule has 77 heavy (non-hydrogen) atoms. The zero-order chi connectivity index (χ0) is 55.7. The summed E-state index contributed by atoms with van der Waals surface area (Å²) < 4.78 is 28.8. The fraction of sp³-hybridized carbons (Fsp3) is 0.400. The number of hydrogen-bond donors (Lipinski definition) is 7. The lowest BCUT2D eigenvalue weighted by Gasteiger charge is -2.21. The van der Waals surface area contributed by atoms with Crippen LogP contribution in [0.25, 0.3) is 56.2 Å². The van der Waals surface area contributed by atoms with E-state index in [1.807, 2.05) is 48.5 Å². The van der Waals surface area contributed by atoms with E-state index in [1.54, 1.807) is 48.6 Å². The van der Waals surface area contributed by atoms with Gasteiger partial charge < -0.3 is 60.1 Å². The largest absolute Gasteiger partial charge is 0.870 e. The van der Waals surface area contributed by atoms with E-state index in [2.05, 4.69) is 42.3 Å². The summed E-state index contributed by atoms with van der Waals surface area (Å²) in [4.78, 5) is 31.2. The summed E-state index contributed by atoms with van der Waals surface area (Å²) in [5.41, 5.74) is 8.80. The molecule has 2 saturated carbocycles. The van der Waals surface area contributed by atoms with E-state index in [0.29, 0.717) is 11.8 Å². The molecule has 2 aliphatic rings. The van der Waals surface area contributed by atoms with Crippen LogP contribution in [0.5, 0.6) is 0 Å². The van der Waals surface area contributed by atoms with Gasteiger partial charge >= 0.3 is 5.97 Å². The number of benzene rings is 4. The SMILES string of the molecule is C[N+](C)(C)CCO.C[N+](C)(C)CCO.O=C(O)C[C@H](O)C[C@H](O)/C=C/c1c(C2CC2)nc2ccccc2c1-c1ccc(F)cc1.O=C([O-])C[C@H](O)C[C@H](O)/C=C/c1c(C2CC2)nc2ccccc2c1-c1ccc(F)cc1.[OH-]. The molecule has 0 radical (unpaired) electrons. The molecule has 4 aromatic carbocycles. The third-order valence-corrected chi connectivity index (χ3v) is 12.5. The quantitative estimate of drug-likeness (QED) is 0.0385. The van der Waals surface area contributed by atoms with Gasteiger partial charge in [0, 0.05) is 70.1 Å². The van der Waals surface area contributed by atoms with Gasteiger partial charge in [-0.2, -0.15) is 0 Å². The number of aliphatic hydroxyl groups excluding tert-OH is 6. The Hall–Kier alpha value is -6.38. The molecule has 6 aromatic rings. The highest BCUT2D eigenvalue weighted by Crippen LogP contribution is 2.47. The lowest BCUT2D eigenvalue weighted by molar-refractivity contribution is -0.870. The average molecular weight is 1070 g/mol. The minimum Gasteiger partial charge on any atom is -0.870 e. The van der Waals surface area contributed by atoms with Gasteiger partial charge in [-0.25, -0.2) is 8.78 Å². The van der Waals surface area contributed by atoms with Crippen LogP contribution in [0.3, 0.4) is 0 Å². The molecule has 8 N–H and O–H groups in total. The van der Waals surface area contributed by atoms with Crippen molar-refractivity contribution in [1.82, 2.24) is 9.97 Å². The number of carbonyl (C=O) groups excluding carboxylic acids is 1. The summed E-state index contributed by atoms with van der Waals surface area (Å²) in [6, 6.07) is 28.2. The first-order valence-corrected chi connectivity index (χ1v) is 25.7. The highest BCUT2D eigenvalue weighted by Gasteiger charge is 2.31. The van der Waals surface area contributed by atoms with E-state index in [1.165, 1.54) is 24.3 Å². The highest BCUT2D eigenvalue weighted by atomic mass is 19.1. The number of aromatic nitrogens is 2. The number of hydrogen-bond acceptors (Lipinski definition) is 12. The molecule has 2 aromatic heterocycles. The van der Waals surface area contributed by atoms with Crippen LogP contribution in [0.4, 0.5) is 8.78 Å². The average Bonchev–Trinajstić information content (AvgIpc) is 4.28. The first-order chi connectivity index (χ1) is 36.0. The van der Waals surface area contributed by atoms with E-state index in [-0.39, 0.29) is 43.2 Å². The van der Waals surface area contributed by atoms with Crippen LogP contribution in [0.2, 0.25) is 0 Å². The van der Waals surface area contributed by atoms with Crippen molar-refractivity contribution in [2.24, 2.45) is 0 Å². The number of quaternary nitrogens is 2. The predicted molar refractivity (Wildman–Crippen MR) is 293 cm³/mol. The summed E-state index contributed by atoms with van der Waals surface area (Å²) in [6.07, 6.45) is 5.31. The summed E-state index contributed by atoms with van der Waals surface area (Å²) >= 11 is 0. The van der Waals surface area contributed by atoms with Gasteiger partial charge in [0.2, 0.25) is 0 Å². The monoisotopic (exact) mass is 1070 g/mol. The van der Waals surface area contributed by atoms with Crippen LogP contribution in [0.15, 0.2) is 109 Å². The second-order valence-electron chi connectivity index (χ2n) is 21.4. The number of carboxylic acid groups (broad SMARTS) is 2. The maximum Gasteiger partial charge on any atom is 0.305 e. The molecule has 8 rings (SSSR count). The number of para-hydroxylation sites is 2. The molecule has 2 fully saturated rings. The minimum absolute atomic E-state index is 0. The summed E-state index contributed by atoms with van der Waals surface area (Å²) in [7, 11) is 12.3. The van der Waals surface area contributed by atoms with Crippen LogP contribution in [-0.4, -0.2) is 165 Å². The number of aliphatic carboxylic acids is 2. The van der Waals surface area contributed by atoms with Gasteiger partial charge in [-0.1, -0.05) is 85.0 Å². The number of aliphatic hydroxyl groups is 6. The van der Waals surface area contributed by atoms with Crippen molar-refractivity contribution in [2.75, 3.05) is 68.6 Å². The first-order valence-electron chi connectivity index (χ1n) is 25.7. The third kappa shape index (κ3) is 20.8. The van der Waals surface area contributed by atoms with Crippen molar-refractivity contribution in [1.29, 1.82) is 0 Å². The normalized spacial score (nSPS) is 15.0. The molecule has 15 nitrogen and oxygen atoms in total. The van der Waals surface area contributed by atoms with Gasteiger partial charge in [0.05, 0.1) is 109 Å². The molecule has 0 unspecified atom stereocenters. The van der Waals surface area contributed by atoms with Gasteiger partial charge in [0.25, 0.3) is 0 Å². The highest BCUT2D eigenvalue weighted by molar-refractivity contribution is 6.00. The molecule has 0 spiro atoms. The Labute approximate surface area is 449 Å². The smallest absolute Gasteiger partial charge is 0.305 e. The minimum atomic E-state index is -1.36. The Morgan fingerprint density at radius 2 is 0.948 bits per heavy atom. The topological polar surface area (TPSA) is 255 Å². The van der Waals surface area contributed by atoms with Gasteiger partial charge in [0.1, 0.15) is 24.7 Å². The number of halogens is 2. The van der Waals surface area contributed by atoms with E-state index in [0.717, 1.165) is 114 Å². The van der Waals surface area contributed by atoms with Crippen molar-refractivity contribution in [3.63, 3.8) is 0 Å². The van der Waals surface area contributed by atoms with Gasteiger partial charge in [-0.3, -0.25) is 14.8 Å². The molecule has 4 atom stereocenters. The van der Waals surface area contributed by atoms with Gasteiger partial charge in [0.15, 0.2) is 0 Å². The Morgan fingerprint density at radius 3 is 1.25 bits per heavy atom. The third-order valence-electron chi connectivity index (χ3n) is 12.5. The predicted octanol–water partition coefficient (Wildman–Crippen LogP) is 6.89. The van der Waals surface area contributed by atoms with Crippen molar-refractivity contribution >= 4 is 45.9 Å². The molecule has 416 valence electrons. The molecular formula is C60H76F2N4O11. The lowest BCUT2D eigenvalue weighted by Crippen LogP contribution is -2.36. The standard InChI is InChI=1S/2C25H24FNO4.2C5H14NO.H2O/c2*26-17-9-7-15(8-10-17)24-20-3-1-2-4-22(20)27-25(16-5-6-16)21(24)12-11-18(28)13-19(29)14-23(30)31;2*1-6(2,3)4-5-7;/h2*1-4,7-12,16,18-19,28-29H,5-6,13-14H2,(H,30,31);2*7H,4-5H2,1-3H3;1H2/q;;2*+1;/p-2/b2*12-11+;;;/t2*18-,19-;;;/m11.../s1. The Morgan fingerprint density at radius 1 is 0.597 bits per heavy atom. The van der Waals surface area contributed by atoms with Gasteiger partial charge in [-0.05, 0) is 73.2 Å². The van der Waals surface area contributed by atoms with E-state index >= 15 is 0 Å². The first kappa shape index (κ1) is 63.2. The molecule has 0 amide bonds. The maximum absolute atomic E-state index is 13.6. The van der Waals surface area contributed by atoms with Crippen molar-refractivity contribution in [2.45, 2.75) is 87.6 Å². The Balaban J connectivity index is 0.000000264. The number of likely N-dealkylation sites (N-methyl/N-ethyl adjacent to an activating group) is 2. The Bertz CT molecular complexity index is 2700. The van der Waals surface area contributed by atoms with Crippen LogP contribution in [-0.2, 0) is 9.59 Å². The number of carbonyl (C=O) groups is 2. The van der Waals surface area contributed by atoms with Crippen molar-refractivity contribution < 1.29 is 73.7 Å². The number of nitrogens with zero attached hydrogens (tertiary/aromatic N) is 4. The lowest BCUT2D eigenvalue weighted by atomic mass is 9.92.